The van der Waals surface area contributed by atoms with Gasteiger partial charge in [0.1, 0.15) is 5.82 Å². The van der Waals surface area contributed by atoms with Crippen molar-refractivity contribution in [3.8, 4) is 11.4 Å². The van der Waals surface area contributed by atoms with Gasteiger partial charge in [0.25, 0.3) is 0 Å². The van der Waals surface area contributed by atoms with Crippen molar-refractivity contribution >= 4 is 29.1 Å². The molecule has 3 rings (SSSR count). The van der Waals surface area contributed by atoms with Crippen LogP contribution >= 0.6 is 23.4 Å². The van der Waals surface area contributed by atoms with E-state index < -0.39 is 0 Å². The maximum absolute atomic E-state index is 12.8. The predicted molar refractivity (Wildman–Crippen MR) is 88.3 cm³/mol. The number of aromatic amines is 1. The average Bonchev–Trinajstić information content (AvgIpc) is 3.02. The van der Waals surface area contributed by atoms with Crippen LogP contribution in [-0.2, 0) is 0 Å². The first kappa shape index (κ1) is 15.7. The molecule has 1 N–H and O–H groups in total. The van der Waals surface area contributed by atoms with E-state index in [-0.39, 0.29) is 17.4 Å². The van der Waals surface area contributed by atoms with Crippen molar-refractivity contribution < 1.29 is 9.18 Å². The number of thioether (sulfide) groups is 1. The lowest BCUT2D eigenvalue weighted by atomic mass is 10.1. The molecule has 1 aromatic heterocycles. The van der Waals surface area contributed by atoms with Crippen molar-refractivity contribution in [3.05, 3.63) is 64.9 Å². The van der Waals surface area contributed by atoms with Crippen LogP contribution < -0.4 is 0 Å². The van der Waals surface area contributed by atoms with Crippen LogP contribution in [0, 0.1) is 5.82 Å². The Morgan fingerprint density at radius 2 is 1.91 bits per heavy atom. The van der Waals surface area contributed by atoms with Gasteiger partial charge in [-0.3, -0.25) is 9.89 Å². The Labute approximate surface area is 141 Å². The highest BCUT2D eigenvalue weighted by atomic mass is 35.5. The number of hydrogen-bond acceptors (Lipinski definition) is 4. The maximum Gasteiger partial charge on any atom is 0.209 e. The minimum atomic E-state index is -0.368. The first-order valence-electron chi connectivity index (χ1n) is 6.72. The molecule has 3 aromatic rings. The molecule has 0 amide bonds. The van der Waals surface area contributed by atoms with Gasteiger partial charge in [-0.05, 0) is 36.4 Å². The summed E-state index contributed by atoms with van der Waals surface area (Å²) in [5, 5.41) is 7.90. The van der Waals surface area contributed by atoms with E-state index in [0.29, 0.717) is 21.6 Å². The SMILES string of the molecule is O=C(CSc1n[nH]c(-c2ccccc2Cl)n1)c1ccc(F)cc1. The van der Waals surface area contributed by atoms with Gasteiger partial charge in [0, 0.05) is 11.1 Å². The predicted octanol–water partition coefficient (Wildman–Crippen LogP) is 4.24. The van der Waals surface area contributed by atoms with Crippen LogP contribution in [0.4, 0.5) is 4.39 Å². The molecule has 0 atom stereocenters. The number of Topliss-reactive ketones (excluding diaryl/α,β-unsaturated/α-hetero) is 1. The molecule has 1 heterocycles. The van der Waals surface area contributed by atoms with Gasteiger partial charge >= 0.3 is 0 Å². The topological polar surface area (TPSA) is 58.6 Å². The lowest BCUT2D eigenvalue weighted by molar-refractivity contribution is 0.102. The lowest BCUT2D eigenvalue weighted by Crippen LogP contribution is -2.02. The van der Waals surface area contributed by atoms with Gasteiger partial charge in [-0.25, -0.2) is 9.37 Å². The quantitative estimate of drug-likeness (QED) is 0.554. The molecule has 0 spiro atoms. The van der Waals surface area contributed by atoms with E-state index in [4.69, 9.17) is 11.6 Å². The molecule has 4 nitrogen and oxygen atoms in total. The molecule has 0 aliphatic carbocycles. The van der Waals surface area contributed by atoms with Crippen LogP contribution in [-0.4, -0.2) is 26.7 Å². The molecule has 0 saturated heterocycles. The van der Waals surface area contributed by atoms with Crippen LogP contribution in [0.25, 0.3) is 11.4 Å². The van der Waals surface area contributed by atoms with Crippen molar-refractivity contribution in [1.82, 2.24) is 15.2 Å². The van der Waals surface area contributed by atoms with E-state index in [1.165, 1.54) is 36.0 Å². The monoisotopic (exact) mass is 347 g/mol. The van der Waals surface area contributed by atoms with Crippen molar-refractivity contribution in [2.45, 2.75) is 5.16 Å². The molecule has 0 aliphatic rings. The number of rotatable bonds is 5. The zero-order valence-corrected chi connectivity index (χ0v) is 13.4. The molecular weight excluding hydrogens is 337 g/mol. The highest BCUT2D eigenvalue weighted by molar-refractivity contribution is 7.99. The Bertz CT molecular complexity index is 835. The van der Waals surface area contributed by atoms with Gasteiger partial charge in [-0.1, -0.05) is 35.5 Å². The third-order valence-electron chi connectivity index (χ3n) is 3.09. The zero-order valence-electron chi connectivity index (χ0n) is 11.8. The number of carbonyl (C=O) groups is 1. The molecule has 0 aliphatic heterocycles. The largest absolute Gasteiger partial charge is 0.293 e. The Balaban J connectivity index is 1.67. The molecule has 116 valence electrons. The Kier molecular flexibility index (Phi) is 4.73. The first-order valence-corrected chi connectivity index (χ1v) is 8.09. The normalized spacial score (nSPS) is 10.7. The van der Waals surface area contributed by atoms with E-state index >= 15 is 0 Å². The molecule has 0 unspecified atom stereocenters. The second-order valence-electron chi connectivity index (χ2n) is 4.67. The van der Waals surface area contributed by atoms with E-state index in [9.17, 15) is 9.18 Å². The van der Waals surface area contributed by atoms with E-state index in [1.807, 2.05) is 18.2 Å². The molecular formula is C16H11ClFN3OS. The smallest absolute Gasteiger partial charge is 0.209 e. The number of nitrogens with zero attached hydrogens (tertiary/aromatic N) is 2. The number of halogens is 2. The third kappa shape index (κ3) is 3.78. The summed E-state index contributed by atoms with van der Waals surface area (Å²) in [6, 6.07) is 12.7. The van der Waals surface area contributed by atoms with Crippen LogP contribution in [0.5, 0.6) is 0 Å². The number of carbonyl (C=O) groups excluding carboxylic acids is 1. The molecule has 7 heteroatoms. The van der Waals surface area contributed by atoms with Gasteiger partial charge in [-0.15, -0.1) is 5.10 Å². The number of ketones is 1. The van der Waals surface area contributed by atoms with Crippen LogP contribution in [0.2, 0.25) is 5.02 Å². The molecule has 0 saturated carbocycles. The Morgan fingerprint density at radius 3 is 2.65 bits per heavy atom. The van der Waals surface area contributed by atoms with Crippen LogP contribution in [0.1, 0.15) is 10.4 Å². The van der Waals surface area contributed by atoms with Crippen LogP contribution in [0.3, 0.4) is 0 Å². The number of nitrogens with one attached hydrogen (secondary N) is 1. The van der Waals surface area contributed by atoms with Crippen molar-refractivity contribution in [1.29, 1.82) is 0 Å². The van der Waals surface area contributed by atoms with Crippen LogP contribution in [0.15, 0.2) is 53.7 Å². The third-order valence-corrected chi connectivity index (χ3v) is 4.27. The second kappa shape index (κ2) is 6.93. The van der Waals surface area contributed by atoms with E-state index in [2.05, 4.69) is 15.2 Å². The summed E-state index contributed by atoms with van der Waals surface area (Å²) in [5.41, 5.74) is 1.21. The van der Waals surface area contributed by atoms with Gasteiger partial charge in [0.15, 0.2) is 11.6 Å². The lowest BCUT2D eigenvalue weighted by Gasteiger charge is -1.99. The Morgan fingerprint density at radius 1 is 1.17 bits per heavy atom. The highest BCUT2D eigenvalue weighted by Crippen LogP contribution is 2.26. The molecule has 23 heavy (non-hydrogen) atoms. The van der Waals surface area contributed by atoms with E-state index in [0.717, 1.165) is 5.56 Å². The Hall–Kier alpha value is -2.18. The number of H-pyrrole nitrogens is 1. The average molecular weight is 348 g/mol. The summed E-state index contributed by atoms with van der Waals surface area (Å²) in [6.45, 7) is 0. The van der Waals surface area contributed by atoms with Gasteiger partial charge in [0.2, 0.25) is 5.16 Å². The zero-order chi connectivity index (χ0) is 16.2. The molecule has 2 aromatic carbocycles. The highest BCUT2D eigenvalue weighted by Gasteiger charge is 2.12. The summed E-state index contributed by atoms with van der Waals surface area (Å²) in [7, 11) is 0. The first-order chi connectivity index (χ1) is 11.1. The number of aromatic nitrogens is 3. The molecule has 0 bridgehead atoms. The van der Waals surface area contributed by atoms with Crippen molar-refractivity contribution in [3.63, 3.8) is 0 Å². The summed E-state index contributed by atoms with van der Waals surface area (Å²) in [5.74, 6) is 0.241. The number of benzene rings is 2. The van der Waals surface area contributed by atoms with Gasteiger partial charge in [0.05, 0.1) is 10.8 Å². The maximum atomic E-state index is 12.8. The fourth-order valence-electron chi connectivity index (χ4n) is 1.93. The molecule has 0 radical (unpaired) electrons. The van der Waals surface area contributed by atoms with Crippen molar-refractivity contribution in [2.24, 2.45) is 0 Å². The van der Waals surface area contributed by atoms with Crippen molar-refractivity contribution in [2.75, 3.05) is 5.75 Å². The summed E-state index contributed by atoms with van der Waals surface area (Å²) in [6.07, 6.45) is 0. The van der Waals surface area contributed by atoms with E-state index in [1.54, 1.807) is 6.07 Å². The van der Waals surface area contributed by atoms with Gasteiger partial charge < -0.3 is 0 Å². The van der Waals surface area contributed by atoms with Gasteiger partial charge in [-0.2, -0.15) is 0 Å². The number of hydrogen-bond donors (Lipinski definition) is 1. The minimum Gasteiger partial charge on any atom is -0.293 e. The fourth-order valence-corrected chi connectivity index (χ4v) is 2.85. The minimum absolute atomic E-state index is 0.112. The molecule has 0 fully saturated rings. The second-order valence-corrected chi connectivity index (χ2v) is 6.01. The summed E-state index contributed by atoms with van der Waals surface area (Å²) < 4.78 is 12.8. The summed E-state index contributed by atoms with van der Waals surface area (Å²) in [4.78, 5) is 16.4. The fraction of sp³-hybridized carbons (Fsp3) is 0.0625. The summed E-state index contributed by atoms with van der Waals surface area (Å²) >= 11 is 7.32. The standard InChI is InChI=1S/C16H11ClFN3OS/c17-13-4-2-1-3-12(13)15-19-16(21-20-15)23-9-14(22)10-5-7-11(18)8-6-10/h1-8H,9H2,(H,19,20,21).